The van der Waals surface area contributed by atoms with Gasteiger partial charge in [-0.05, 0) is 49.2 Å². The molecule has 0 atom stereocenters. The Labute approximate surface area is 161 Å². The number of hydrogen-bond donors (Lipinski definition) is 2. The summed E-state index contributed by atoms with van der Waals surface area (Å²) >= 11 is 0. The molecular weight excluding hydrogens is 362 g/mol. The van der Waals surface area contributed by atoms with Crippen LogP contribution in [0.3, 0.4) is 0 Å². The molecule has 6 nitrogen and oxygen atoms in total. The maximum absolute atomic E-state index is 12.4. The Hall–Kier alpha value is -2.38. The first-order valence-electron chi connectivity index (χ1n) is 8.80. The van der Waals surface area contributed by atoms with E-state index in [1.807, 2.05) is 43.3 Å². The van der Waals surface area contributed by atoms with Crippen molar-refractivity contribution in [2.75, 3.05) is 19.0 Å². The van der Waals surface area contributed by atoms with E-state index in [1.54, 1.807) is 38.1 Å². The number of rotatable bonds is 8. The van der Waals surface area contributed by atoms with Crippen LogP contribution in [0.15, 0.2) is 48.5 Å². The number of nitrogens with zero attached hydrogens (tertiary/aromatic N) is 1. The minimum Gasteiger partial charge on any atom is -0.378 e. The minimum atomic E-state index is -3.43. The van der Waals surface area contributed by atoms with E-state index in [4.69, 9.17) is 0 Å². The number of nitrogens with one attached hydrogen (secondary N) is 2. The van der Waals surface area contributed by atoms with Crippen LogP contribution in [-0.4, -0.2) is 34.5 Å². The number of carbonyl (C=O) groups is 1. The summed E-state index contributed by atoms with van der Waals surface area (Å²) in [5.41, 5.74) is 3.03. The molecular formula is C20H27N3O3S. The van der Waals surface area contributed by atoms with E-state index in [0.717, 1.165) is 11.3 Å². The van der Waals surface area contributed by atoms with Crippen LogP contribution in [0, 0.1) is 0 Å². The molecule has 0 saturated heterocycles. The Balaban J connectivity index is 2.06. The number of carbonyl (C=O) groups excluding carboxylic acids is 1. The molecule has 0 aliphatic rings. The van der Waals surface area contributed by atoms with Crippen LogP contribution in [0.25, 0.3) is 0 Å². The van der Waals surface area contributed by atoms with E-state index in [1.165, 1.54) is 0 Å². The van der Waals surface area contributed by atoms with E-state index >= 15 is 0 Å². The predicted molar refractivity (Wildman–Crippen MR) is 109 cm³/mol. The van der Waals surface area contributed by atoms with Gasteiger partial charge in [0.25, 0.3) is 5.91 Å². The van der Waals surface area contributed by atoms with Crippen LogP contribution < -0.4 is 14.9 Å². The van der Waals surface area contributed by atoms with Gasteiger partial charge < -0.3 is 10.2 Å². The van der Waals surface area contributed by atoms with Crippen molar-refractivity contribution in [2.24, 2.45) is 0 Å². The Morgan fingerprint density at radius 3 is 2.15 bits per heavy atom. The SMILES string of the molecule is CC(C)NS(=O)(=O)Cc1ccccc1CNC(=O)c1ccc(N(C)C)cc1. The molecule has 0 unspecified atom stereocenters. The molecule has 0 bridgehead atoms. The fourth-order valence-electron chi connectivity index (χ4n) is 2.66. The van der Waals surface area contributed by atoms with Crippen LogP contribution in [0.1, 0.15) is 35.3 Å². The quantitative estimate of drug-likeness (QED) is 0.727. The number of anilines is 1. The molecule has 146 valence electrons. The van der Waals surface area contributed by atoms with E-state index in [2.05, 4.69) is 10.0 Å². The molecule has 2 aromatic rings. The lowest BCUT2D eigenvalue weighted by Gasteiger charge is -2.14. The average Bonchev–Trinajstić information content (AvgIpc) is 2.59. The maximum atomic E-state index is 12.4. The molecule has 0 heterocycles. The lowest BCUT2D eigenvalue weighted by molar-refractivity contribution is 0.0951. The summed E-state index contributed by atoms with van der Waals surface area (Å²) in [4.78, 5) is 14.3. The zero-order valence-corrected chi connectivity index (χ0v) is 17.0. The number of benzene rings is 2. The van der Waals surface area contributed by atoms with Crippen molar-refractivity contribution in [2.45, 2.75) is 32.2 Å². The number of amides is 1. The third kappa shape index (κ3) is 6.37. The lowest BCUT2D eigenvalue weighted by atomic mass is 10.1. The highest BCUT2D eigenvalue weighted by Gasteiger charge is 2.15. The van der Waals surface area contributed by atoms with Crippen LogP contribution in [0.2, 0.25) is 0 Å². The molecule has 0 spiro atoms. The highest BCUT2D eigenvalue weighted by Crippen LogP contribution is 2.14. The van der Waals surface area contributed by atoms with Gasteiger partial charge in [-0.3, -0.25) is 4.79 Å². The molecule has 0 saturated carbocycles. The van der Waals surface area contributed by atoms with Gasteiger partial charge in [-0.1, -0.05) is 24.3 Å². The summed E-state index contributed by atoms with van der Waals surface area (Å²) in [6, 6.07) is 14.4. The van der Waals surface area contributed by atoms with Crippen molar-refractivity contribution in [3.8, 4) is 0 Å². The van der Waals surface area contributed by atoms with Crippen LogP contribution in [0.5, 0.6) is 0 Å². The predicted octanol–water partition coefficient (Wildman–Crippen LogP) is 2.51. The van der Waals surface area contributed by atoms with Crippen molar-refractivity contribution in [3.05, 3.63) is 65.2 Å². The fraction of sp³-hybridized carbons (Fsp3) is 0.350. The van der Waals surface area contributed by atoms with Gasteiger partial charge in [0.05, 0.1) is 5.75 Å². The van der Waals surface area contributed by atoms with E-state index in [0.29, 0.717) is 11.1 Å². The zero-order chi connectivity index (χ0) is 20.0. The normalized spacial score (nSPS) is 11.4. The Morgan fingerprint density at radius 2 is 1.59 bits per heavy atom. The average molecular weight is 390 g/mol. The van der Waals surface area contributed by atoms with Crippen LogP contribution >= 0.6 is 0 Å². The van der Waals surface area contributed by atoms with E-state index < -0.39 is 10.0 Å². The molecule has 7 heteroatoms. The summed E-state index contributed by atoms with van der Waals surface area (Å²) in [5.74, 6) is -0.312. The molecule has 2 N–H and O–H groups in total. The van der Waals surface area contributed by atoms with Crippen LogP contribution in [-0.2, 0) is 22.3 Å². The van der Waals surface area contributed by atoms with Gasteiger partial charge in [-0.2, -0.15) is 0 Å². The van der Waals surface area contributed by atoms with Gasteiger partial charge in [0.1, 0.15) is 0 Å². The monoisotopic (exact) mass is 389 g/mol. The second-order valence-electron chi connectivity index (χ2n) is 6.92. The van der Waals surface area contributed by atoms with E-state index in [-0.39, 0.29) is 24.2 Å². The first kappa shape index (κ1) is 20.9. The van der Waals surface area contributed by atoms with Crippen molar-refractivity contribution in [1.29, 1.82) is 0 Å². The molecule has 0 fully saturated rings. The molecule has 27 heavy (non-hydrogen) atoms. The maximum Gasteiger partial charge on any atom is 0.251 e. The molecule has 0 aliphatic carbocycles. The first-order chi connectivity index (χ1) is 12.7. The van der Waals surface area contributed by atoms with Crippen molar-refractivity contribution in [1.82, 2.24) is 10.0 Å². The smallest absolute Gasteiger partial charge is 0.251 e. The third-order valence-corrected chi connectivity index (χ3v) is 5.49. The van der Waals surface area contributed by atoms with Crippen molar-refractivity contribution < 1.29 is 13.2 Å². The lowest BCUT2D eigenvalue weighted by Crippen LogP contribution is -2.32. The zero-order valence-electron chi connectivity index (χ0n) is 16.2. The Morgan fingerprint density at radius 1 is 1.00 bits per heavy atom. The molecule has 2 rings (SSSR count). The second-order valence-corrected chi connectivity index (χ2v) is 8.68. The standard InChI is InChI=1S/C20H27N3O3S/c1-15(2)22-27(25,26)14-18-8-6-5-7-17(18)13-21-20(24)16-9-11-19(12-10-16)23(3)4/h5-12,15,22H,13-14H2,1-4H3,(H,21,24). The Kier molecular flexibility index (Phi) is 6.98. The van der Waals surface area contributed by atoms with Gasteiger partial charge in [0.15, 0.2) is 0 Å². The summed E-state index contributed by atoms with van der Waals surface area (Å²) in [5, 5.41) is 2.86. The molecule has 2 aromatic carbocycles. The van der Waals surface area contributed by atoms with Crippen molar-refractivity contribution in [3.63, 3.8) is 0 Å². The first-order valence-corrected chi connectivity index (χ1v) is 10.5. The number of hydrogen-bond acceptors (Lipinski definition) is 4. The minimum absolute atomic E-state index is 0.116. The summed E-state index contributed by atoms with van der Waals surface area (Å²) in [7, 11) is 0.450. The molecule has 1 amide bonds. The Bertz CT molecular complexity index is 876. The van der Waals surface area contributed by atoms with Crippen molar-refractivity contribution >= 4 is 21.6 Å². The van der Waals surface area contributed by atoms with E-state index in [9.17, 15) is 13.2 Å². The third-order valence-electron chi connectivity index (χ3n) is 3.96. The van der Waals surface area contributed by atoms with Gasteiger partial charge in [0, 0.05) is 37.9 Å². The highest BCUT2D eigenvalue weighted by molar-refractivity contribution is 7.88. The summed E-state index contributed by atoms with van der Waals surface area (Å²) < 4.78 is 27.0. The topological polar surface area (TPSA) is 78.5 Å². The van der Waals surface area contributed by atoms with Gasteiger partial charge in [-0.25, -0.2) is 13.1 Å². The van der Waals surface area contributed by atoms with Gasteiger partial charge in [-0.15, -0.1) is 0 Å². The van der Waals surface area contributed by atoms with Gasteiger partial charge in [0.2, 0.25) is 10.0 Å². The molecule has 0 aromatic heterocycles. The largest absolute Gasteiger partial charge is 0.378 e. The molecule has 0 aliphatic heterocycles. The molecule has 0 radical (unpaired) electrons. The number of sulfonamides is 1. The fourth-order valence-corrected chi connectivity index (χ4v) is 4.16. The summed E-state index contributed by atoms with van der Waals surface area (Å²) in [6.45, 7) is 3.83. The van der Waals surface area contributed by atoms with Crippen LogP contribution in [0.4, 0.5) is 5.69 Å². The summed E-state index contributed by atoms with van der Waals surface area (Å²) in [6.07, 6.45) is 0. The second kappa shape index (κ2) is 9.01. The highest BCUT2D eigenvalue weighted by atomic mass is 32.2. The van der Waals surface area contributed by atoms with Gasteiger partial charge >= 0.3 is 0 Å².